The van der Waals surface area contributed by atoms with Crippen LogP contribution in [0.4, 0.5) is 0 Å². The summed E-state index contributed by atoms with van der Waals surface area (Å²) in [5, 5.41) is 3.79. The molecule has 2 fully saturated rings. The van der Waals surface area contributed by atoms with Crippen LogP contribution in [-0.4, -0.2) is 47.6 Å². The van der Waals surface area contributed by atoms with Gasteiger partial charge in [-0.05, 0) is 18.9 Å². The van der Waals surface area contributed by atoms with Crippen LogP contribution in [0.3, 0.4) is 0 Å². The summed E-state index contributed by atoms with van der Waals surface area (Å²) >= 11 is 11.9. The van der Waals surface area contributed by atoms with Crippen molar-refractivity contribution < 1.29 is 9.53 Å². The zero-order valence-electron chi connectivity index (χ0n) is 11.5. The molecule has 1 saturated carbocycles. The van der Waals surface area contributed by atoms with E-state index in [-0.39, 0.29) is 11.9 Å². The van der Waals surface area contributed by atoms with Gasteiger partial charge < -0.3 is 10.1 Å². The largest absolute Gasteiger partial charge is 0.378 e. The van der Waals surface area contributed by atoms with Gasteiger partial charge in [0.2, 0.25) is 5.91 Å². The van der Waals surface area contributed by atoms with Crippen molar-refractivity contribution >= 4 is 29.1 Å². The SMILES string of the molecule is O=C(NC1CC1)C1COCCN1Cc1ccc(Cl)nc1Cl. The second-order valence-electron chi connectivity index (χ2n) is 5.43. The van der Waals surface area contributed by atoms with Crippen LogP contribution in [-0.2, 0) is 16.1 Å². The number of amides is 1. The van der Waals surface area contributed by atoms with Crippen molar-refractivity contribution in [3.63, 3.8) is 0 Å². The summed E-state index contributed by atoms with van der Waals surface area (Å²) in [4.78, 5) is 18.4. The van der Waals surface area contributed by atoms with Gasteiger partial charge in [0, 0.05) is 24.7 Å². The molecule has 0 radical (unpaired) electrons. The standard InChI is InChI=1S/C14H17Cl2N3O2/c15-12-4-1-9(13(16)18-12)7-19-5-6-21-8-11(19)14(20)17-10-2-3-10/h1,4,10-11H,2-3,5-8H2,(H,17,20). The lowest BCUT2D eigenvalue weighted by Crippen LogP contribution is -2.53. The van der Waals surface area contributed by atoms with Gasteiger partial charge in [-0.3, -0.25) is 9.69 Å². The molecular weight excluding hydrogens is 313 g/mol. The highest BCUT2D eigenvalue weighted by molar-refractivity contribution is 6.32. The van der Waals surface area contributed by atoms with Crippen molar-refractivity contribution in [3.8, 4) is 0 Å². The lowest BCUT2D eigenvalue weighted by molar-refractivity contribution is -0.133. The number of carbonyl (C=O) groups excluding carboxylic acids is 1. The highest BCUT2D eigenvalue weighted by atomic mass is 35.5. The number of hydrogen-bond acceptors (Lipinski definition) is 4. The summed E-state index contributed by atoms with van der Waals surface area (Å²) in [7, 11) is 0. The molecule has 1 aliphatic carbocycles. The Morgan fingerprint density at radius 3 is 2.95 bits per heavy atom. The second kappa shape index (κ2) is 6.48. The third-order valence-electron chi connectivity index (χ3n) is 3.73. The van der Waals surface area contributed by atoms with Gasteiger partial charge in [-0.15, -0.1) is 0 Å². The van der Waals surface area contributed by atoms with Gasteiger partial charge in [0.25, 0.3) is 0 Å². The first-order valence-electron chi connectivity index (χ1n) is 7.06. The molecule has 1 saturated heterocycles. The van der Waals surface area contributed by atoms with Crippen LogP contribution in [0.2, 0.25) is 10.3 Å². The van der Waals surface area contributed by atoms with Crippen LogP contribution in [0, 0.1) is 0 Å². The molecule has 2 aliphatic rings. The number of nitrogens with one attached hydrogen (secondary N) is 1. The molecule has 0 spiro atoms. The summed E-state index contributed by atoms with van der Waals surface area (Å²) < 4.78 is 5.45. The Morgan fingerprint density at radius 1 is 1.43 bits per heavy atom. The highest BCUT2D eigenvalue weighted by Crippen LogP contribution is 2.22. The zero-order valence-corrected chi connectivity index (χ0v) is 13.0. The first-order valence-corrected chi connectivity index (χ1v) is 7.82. The van der Waals surface area contributed by atoms with E-state index in [0.717, 1.165) is 18.4 Å². The van der Waals surface area contributed by atoms with Gasteiger partial charge in [0.15, 0.2) is 0 Å². The lowest BCUT2D eigenvalue weighted by atomic mass is 10.1. The molecule has 1 unspecified atom stereocenters. The number of aromatic nitrogens is 1. The maximum Gasteiger partial charge on any atom is 0.239 e. The summed E-state index contributed by atoms with van der Waals surface area (Å²) in [6.45, 7) is 2.29. The topological polar surface area (TPSA) is 54.5 Å². The Balaban J connectivity index is 1.69. The molecule has 1 N–H and O–H groups in total. The number of nitrogens with zero attached hydrogens (tertiary/aromatic N) is 2. The molecular formula is C14H17Cl2N3O2. The van der Waals surface area contributed by atoms with Gasteiger partial charge >= 0.3 is 0 Å². The number of hydrogen-bond donors (Lipinski definition) is 1. The number of halogens is 2. The number of morpholine rings is 1. The van der Waals surface area contributed by atoms with Crippen LogP contribution >= 0.6 is 23.2 Å². The average Bonchev–Trinajstić information content (AvgIpc) is 3.26. The Bertz CT molecular complexity index is 537. The first kappa shape index (κ1) is 15.0. The summed E-state index contributed by atoms with van der Waals surface area (Å²) in [6, 6.07) is 3.64. The van der Waals surface area contributed by atoms with E-state index in [2.05, 4.69) is 15.2 Å². The van der Waals surface area contributed by atoms with Crippen molar-refractivity contribution in [2.45, 2.75) is 31.5 Å². The third-order valence-corrected chi connectivity index (χ3v) is 4.27. The predicted molar refractivity (Wildman–Crippen MR) is 80.4 cm³/mol. The number of carbonyl (C=O) groups is 1. The molecule has 1 aromatic rings. The molecule has 1 amide bonds. The lowest BCUT2D eigenvalue weighted by Gasteiger charge is -2.34. The van der Waals surface area contributed by atoms with Crippen LogP contribution < -0.4 is 5.32 Å². The van der Waals surface area contributed by atoms with E-state index < -0.39 is 0 Å². The fourth-order valence-corrected chi connectivity index (χ4v) is 2.78. The molecule has 7 heteroatoms. The normalized spacial score (nSPS) is 23.0. The van der Waals surface area contributed by atoms with Crippen molar-refractivity contribution in [2.75, 3.05) is 19.8 Å². The minimum Gasteiger partial charge on any atom is -0.378 e. The van der Waals surface area contributed by atoms with E-state index in [1.165, 1.54) is 0 Å². The molecule has 2 heterocycles. The van der Waals surface area contributed by atoms with Crippen molar-refractivity contribution in [1.82, 2.24) is 15.2 Å². The molecule has 21 heavy (non-hydrogen) atoms. The average molecular weight is 330 g/mol. The molecule has 114 valence electrons. The summed E-state index contributed by atoms with van der Waals surface area (Å²) in [5.41, 5.74) is 0.868. The van der Waals surface area contributed by atoms with Crippen LogP contribution in [0.1, 0.15) is 18.4 Å². The molecule has 1 aromatic heterocycles. The first-order chi connectivity index (χ1) is 10.1. The maximum absolute atomic E-state index is 12.3. The molecule has 0 bridgehead atoms. The molecule has 0 aromatic carbocycles. The van der Waals surface area contributed by atoms with Crippen LogP contribution in [0.15, 0.2) is 12.1 Å². The van der Waals surface area contributed by atoms with Crippen molar-refractivity contribution in [1.29, 1.82) is 0 Å². The fourth-order valence-electron chi connectivity index (χ4n) is 2.37. The Morgan fingerprint density at radius 2 is 2.24 bits per heavy atom. The molecule has 3 rings (SSSR count). The minimum absolute atomic E-state index is 0.0373. The molecule has 5 nitrogen and oxygen atoms in total. The fraction of sp³-hybridized carbons (Fsp3) is 0.571. The second-order valence-corrected chi connectivity index (χ2v) is 6.17. The van der Waals surface area contributed by atoms with Gasteiger partial charge in [-0.1, -0.05) is 29.3 Å². The Hall–Kier alpha value is -0.880. The Kier molecular flexibility index (Phi) is 4.64. The van der Waals surface area contributed by atoms with E-state index in [1.807, 2.05) is 6.07 Å². The summed E-state index contributed by atoms with van der Waals surface area (Å²) in [6.07, 6.45) is 2.15. The van der Waals surface area contributed by atoms with Crippen LogP contribution in [0.5, 0.6) is 0 Å². The van der Waals surface area contributed by atoms with Gasteiger partial charge in [0.05, 0.1) is 13.2 Å². The van der Waals surface area contributed by atoms with Gasteiger partial charge in [-0.25, -0.2) is 4.98 Å². The number of pyridine rings is 1. The molecule has 1 aliphatic heterocycles. The van der Waals surface area contributed by atoms with Crippen LogP contribution in [0.25, 0.3) is 0 Å². The number of rotatable bonds is 4. The monoisotopic (exact) mass is 329 g/mol. The minimum atomic E-state index is -0.272. The van der Waals surface area contributed by atoms with E-state index in [0.29, 0.717) is 42.7 Å². The van der Waals surface area contributed by atoms with E-state index in [4.69, 9.17) is 27.9 Å². The number of ether oxygens (including phenoxy) is 1. The van der Waals surface area contributed by atoms with E-state index in [9.17, 15) is 4.79 Å². The zero-order chi connectivity index (χ0) is 14.8. The predicted octanol–water partition coefficient (Wildman–Crippen LogP) is 1.87. The van der Waals surface area contributed by atoms with Gasteiger partial charge in [-0.2, -0.15) is 0 Å². The summed E-state index contributed by atoms with van der Waals surface area (Å²) in [5.74, 6) is 0.0373. The smallest absolute Gasteiger partial charge is 0.239 e. The van der Waals surface area contributed by atoms with Crippen molar-refractivity contribution in [2.24, 2.45) is 0 Å². The third kappa shape index (κ3) is 3.86. The quantitative estimate of drug-likeness (QED) is 0.857. The van der Waals surface area contributed by atoms with E-state index >= 15 is 0 Å². The van der Waals surface area contributed by atoms with E-state index in [1.54, 1.807) is 6.07 Å². The Labute approximate surface area is 133 Å². The van der Waals surface area contributed by atoms with Gasteiger partial charge in [0.1, 0.15) is 16.3 Å². The molecule has 1 atom stereocenters. The highest BCUT2D eigenvalue weighted by Gasteiger charge is 2.33. The maximum atomic E-state index is 12.3. The van der Waals surface area contributed by atoms with Crippen molar-refractivity contribution in [3.05, 3.63) is 28.0 Å².